The molecule has 9 heteroatoms. The molecular formula is C24H25F3N4O2. The molecule has 0 saturated carbocycles. The van der Waals surface area contributed by atoms with Crippen LogP contribution < -0.4 is 5.32 Å². The molecular weight excluding hydrogens is 433 g/mol. The van der Waals surface area contributed by atoms with E-state index in [-0.39, 0.29) is 12.1 Å². The van der Waals surface area contributed by atoms with Crippen LogP contribution in [0.2, 0.25) is 0 Å². The van der Waals surface area contributed by atoms with E-state index in [0.29, 0.717) is 35.6 Å². The number of benzene rings is 1. The minimum atomic E-state index is -4.39. The summed E-state index contributed by atoms with van der Waals surface area (Å²) in [6.07, 6.45) is -0.743. The number of hydrogen-bond donors (Lipinski definition) is 1. The van der Waals surface area contributed by atoms with Crippen molar-refractivity contribution in [1.82, 2.24) is 14.9 Å². The molecule has 3 aromatic rings. The van der Waals surface area contributed by atoms with Crippen molar-refractivity contribution < 1.29 is 22.7 Å². The van der Waals surface area contributed by atoms with Crippen molar-refractivity contribution >= 4 is 22.8 Å². The second kappa shape index (κ2) is 8.53. The zero-order chi connectivity index (χ0) is 23.8. The number of aromatic nitrogens is 2. The van der Waals surface area contributed by atoms with Crippen molar-refractivity contribution in [2.24, 2.45) is 0 Å². The van der Waals surface area contributed by atoms with Crippen LogP contribution >= 0.6 is 0 Å². The number of amides is 1. The number of nitrogens with zero attached hydrogens (tertiary/aromatic N) is 3. The van der Waals surface area contributed by atoms with E-state index in [1.165, 1.54) is 12.1 Å². The summed E-state index contributed by atoms with van der Waals surface area (Å²) in [6, 6.07) is 8.61. The molecule has 3 heterocycles. The highest BCUT2D eigenvalue weighted by molar-refractivity contribution is 5.99. The molecule has 0 bridgehead atoms. The van der Waals surface area contributed by atoms with Gasteiger partial charge in [0.15, 0.2) is 0 Å². The fraction of sp³-hybridized carbons (Fsp3) is 0.375. The van der Waals surface area contributed by atoms with E-state index in [9.17, 15) is 18.0 Å². The molecule has 1 fully saturated rings. The molecule has 1 amide bonds. The van der Waals surface area contributed by atoms with Gasteiger partial charge in [-0.15, -0.1) is 0 Å². The fourth-order valence-electron chi connectivity index (χ4n) is 3.80. The lowest BCUT2D eigenvalue weighted by Crippen LogP contribution is -2.36. The first-order valence-corrected chi connectivity index (χ1v) is 10.7. The number of halogens is 3. The second-order valence-corrected chi connectivity index (χ2v) is 9.05. The average Bonchev–Trinajstić information content (AvgIpc) is 3.21. The molecule has 1 N–H and O–H groups in total. The van der Waals surface area contributed by atoms with Crippen LogP contribution in [0.4, 0.5) is 23.8 Å². The molecule has 6 nitrogen and oxygen atoms in total. The van der Waals surface area contributed by atoms with Gasteiger partial charge in [-0.3, -0.25) is 4.98 Å². The second-order valence-electron chi connectivity index (χ2n) is 9.05. The van der Waals surface area contributed by atoms with E-state index in [4.69, 9.17) is 4.74 Å². The quantitative estimate of drug-likeness (QED) is 0.542. The van der Waals surface area contributed by atoms with Gasteiger partial charge in [-0.05, 0) is 57.0 Å². The Morgan fingerprint density at radius 3 is 2.52 bits per heavy atom. The number of hydrogen-bond acceptors (Lipinski definition) is 5. The van der Waals surface area contributed by atoms with Crippen molar-refractivity contribution in [1.29, 1.82) is 0 Å². The number of rotatable bonds is 3. The maximum absolute atomic E-state index is 12.9. The van der Waals surface area contributed by atoms with Crippen molar-refractivity contribution in [2.75, 3.05) is 18.4 Å². The number of likely N-dealkylation sites (tertiary alicyclic amines) is 1. The summed E-state index contributed by atoms with van der Waals surface area (Å²) in [6.45, 7) is 6.55. The molecule has 0 spiro atoms. The van der Waals surface area contributed by atoms with Gasteiger partial charge in [0.05, 0.1) is 11.1 Å². The normalized spacial score (nSPS) is 16.8. The summed E-state index contributed by atoms with van der Waals surface area (Å²) in [4.78, 5) is 23.0. The number of pyridine rings is 2. The predicted octanol–water partition coefficient (Wildman–Crippen LogP) is 5.74. The summed E-state index contributed by atoms with van der Waals surface area (Å²) in [5, 5.41) is 4.15. The summed E-state index contributed by atoms with van der Waals surface area (Å²) in [5.74, 6) is 0.616. The minimum absolute atomic E-state index is 0.00894. The monoisotopic (exact) mass is 458 g/mol. The van der Waals surface area contributed by atoms with Crippen molar-refractivity contribution in [3.05, 3.63) is 54.4 Å². The van der Waals surface area contributed by atoms with Crippen LogP contribution in [-0.2, 0) is 10.9 Å². The molecule has 0 unspecified atom stereocenters. The molecule has 174 valence electrons. The third kappa shape index (κ3) is 5.18. The summed E-state index contributed by atoms with van der Waals surface area (Å²) < 4.78 is 44.2. The third-order valence-corrected chi connectivity index (χ3v) is 5.34. The summed E-state index contributed by atoms with van der Waals surface area (Å²) >= 11 is 0. The fourth-order valence-corrected chi connectivity index (χ4v) is 3.80. The maximum Gasteiger partial charge on any atom is 0.416 e. The number of alkyl halides is 3. The molecule has 4 rings (SSSR count). The molecule has 2 aromatic heterocycles. The molecule has 0 aliphatic carbocycles. The van der Waals surface area contributed by atoms with E-state index in [1.807, 2.05) is 26.8 Å². The Morgan fingerprint density at radius 1 is 1.12 bits per heavy atom. The van der Waals surface area contributed by atoms with Crippen molar-refractivity contribution in [3.63, 3.8) is 0 Å². The molecule has 1 aliphatic rings. The van der Waals surface area contributed by atoms with Gasteiger partial charge >= 0.3 is 12.3 Å². The van der Waals surface area contributed by atoms with Gasteiger partial charge < -0.3 is 15.0 Å². The maximum atomic E-state index is 12.9. The van der Waals surface area contributed by atoms with Gasteiger partial charge in [0, 0.05) is 42.5 Å². The Bertz CT molecular complexity index is 1160. The van der Waals surface area contributed by atoms with E-state index >= 15 is 0 Å². The highest BCUT2D eigenvalue weighted by Gasteiger charge is 2.31. The van der Waals surface area contributed by atoms with Gasteiger partial charge in [0.1, 0.15) is 11.4 Å². The van der Waals surface area contributed by atoms with Crippen LogP contribution in [-0.4, -0.2) is 45.7 Å². The van der Waals surface area contributed by atoms with Crippen LogP contribution in [0.25, 0.3) is 22.0 Å². The highest BCUT2D eigenvalue weighted by Crippen LogP contribution is 2.34. The van der Waals surface area contributed by atoms with Crippen LogP contribution in [0.3, 0.4) is 0 Å². The molecule has 1 atom stereocenters. The number of fused-ring (bicyclic) bond motifs is 1. The lowest BCUT2D eigenvalue weighted by molar-refractivity contribution is -0.137. The van der Waals surface area contributed by atoms with E-state index in [0.717, 1.165) is 23.9 Å². The Labute approximate surface area is 189 Å². The number of carbonyl (C=O) groups is 1. The first-order chi connectivity index (χ1) is 15.5. The molecule has 0 radical (unpaired) electrons. The van der Waals surface area contributed by atoms with Crippen molar-refractivity contribution in [2.45, 2.75) is 45.0 Å². The van der Waals surface area contributed by atoms with E-state index in [2.05, 4.69) is 15.3 Å². The van der Waals surface area contributed by atoms with Gasteiger partial charge in [0.25, 0.3) is 0 Å². The number of nitrogens with one attached hydrogen (secondary N) is 1. The highest BCUT2D eigenvalue weighted by atomic mass is 19.4. The van der Waals surface area contributed by atoms with Gasteiger partial charge in [-0.2, -0.15) is 13.2 Å². The first-order valence-electron chi connectivity index (χ1n) is 10.7. The number of anilines is 1. The SMILES string of the molecule is CC(C)(C)OC(=O)N1CC[C@H](Nc2ncc(-c3ccc(C(F)(F)F)cc3)c3ncccc23)C1. The first kappa shape index (κ1) is 22.8. The minimum Gasteiger partial charge on any atom is -0.444 e. The van der Waals surface area contributed by atoms with Crippen molar-refractivity contribution in [3.8, 4) is 11.1 Å². The zero-order valence-corrected chi connectivity index (χ0v) is 18.6. The average molecular weight is 458 g/mol. The van der Waals surface area contributed by atoms with Crippen LogP contribution in [0.1, 0.15) is 32.8 Å². The Balaban J connectivity index is 1.56. The largest absolute Gasteiger partial charge is 0.444 e. The standard InChI is InChI=1S/C24H25F3N4O2/c1-23(2,3)33-22(32)31-12-10-17(14-31)30-21-18-5-4-11-28-20(18)19(13-29-21)15-6-8-16(9-7-15)24(25,26)27/h4-9,11,13,17H,10,12,14H2,1-3H3,(H,29,30)/t17-/m0/s1. The smallest absolute Gasteiger partial charge is 0.416 e. The third-order valence-electron chi connectivity index (χ3n) is 5.34. The number of carbonyl (C=O) groups excluding carboxylic acids is 1. The Hall–Kier alpha value is -3.36. The van der Waals surface area contributed by atoms with Gasteiger partial charge in [-0.1, -0.05) is 12.1 Å². The Morgan fingerprint density at radius 2 is 1.85 bits per heavy atom. The van der Waals surface area contributed by atoms with E-state index in [1.54, 1.807) is 23.4 Å². The topological polar surface area (TPSA) is 67.3 Å². The number of ether oxygens (including phenoxy) is 1. The molecule has 1 aliphatic heterocycles. The zero-order valence-electron chi connectivity index (χ0n) is 18.6. The van der Waals surface area contributed by atoms with E-state index < -0.39 is 17.3 Å². The predicted molar refractivity (Wildman–Crippen MR) is 120 cm³/mol. The molecule has 33 heavy (non-hydrogen) atoms. The molecule has 1 saturated heterocycles. The van der Waals surface area contributed by atoms with Gasteiger partial charge in [-0.25, -0.2) is 9.78 Å². The summed E-state index contributed by atoms with van der Waals surface area (Å²) in [7, 11) is 0. The van der Waals surface area contributed by atoms with Crippen LogP contribution in [0, 0.1) is 0 Å². The summed E-state index contributed by atoms with van der Waals surface area (Å²) in [5.41, 5.74) is 0.622. The Kier molecular flexibility index (Phi) is 5.90. The molecule has 1 aromatic carbocycles. The lowest BCUT2D eigenvalue weighted by atomic mass is 10.0. The van der Waals surface area contributed by atoms with Crippen LogP contribution in [0.15, 0.2) is 48.8 Å². The lowest BCUT2D eigenvalue weighted by Gasteiger charge is -2.24. The van der Waals surface area contributed by atoms with Crippen LogP contribution in [0.5, 0.6) is 0 Å². The van der Waals surface area contributed by atoms with Gasteiger partial charge in [0.2, 0.25) is 0 Å².